The monoisotopic (exact) mass is 306 g/mol. The Morgan fingerprint density at radius 3 is 3.06 bits per heavy atom. The topological polar surface area (TPSA) is 34.9 Å². The van der Waals surface area contributed by atoms with Crippen molar-refractivity contribution < 1.29 is 0 Å². The van der Waals surface area contributed by atoms with Crippen molar-refractivity contribution in [3.63, 3.8) is 0 Å². The Morgan fingerprint density at radius 2 is 2.22 bits per heavy atom. The van der Waals surface area contributed by atoms with Crippen LogP contribution in [0.4, 0.5) is 0 Å². The smallest absolute Gasteiger partial charge is 0.261 e. The highest BCUT2D eigenvalue weighted by atomic mass is 79.9. The van der Waals surface area contributed by atoms with Gasteiger partial charge in [-0.2, -0.15) is 0 Å². The maximum Gasteiger partial charge on any atom is 0.261 e. The summed E-state index contributed by atoms with van der Waals surface area (Å²) in [5, 5.41) is 0.719. The van der Waals surface area contributed by atoms with Gasteiger partial charge >= 0.3 is 0 Å². The number of hydrogen-bond acceptors (Lipinski definition) is 2. The second-order valence-electron chi connectivity index (χ2n) is 4.99. The van der Waals surface area contributed by atoms with Crippen LogP contribution in [0.15, 0.2) is 27.5 Å². The third-order valence-corrected chi connectivity index (χ3v) is 4.15. The number of benzene rings is 1. The van der Waals surface area contributed by atoms with E-state index in [9.17, 15) is 4.79 Å². The predicted molar refractivity (Wildman–Crippen MR) is 76.0 cm³/mol. The summed E-state index contributed by atoms with van der Waals surface area (Å²) in [4.78, 5) is 17.2. The van der Waals surface area contributed by atoms with Crippen molar-refractivity contribution in [3.05, 3.63) is 38.9 Å². The van der Waals surface area contributed by atoms with E-state index in [2.05, 4.69) is 22.9 Å². The van der Waals surface area contributed by atoms with Gasteiger partial charge < -0.3 is 0 Å². The van der Waals surface area contributed by atoms with E-state index in [4.69, 9.17) is 4.98 Å². The lowest BCUT2D eigenvalue weighted by Gasteiger charge is -2.14. The first-order valence-electron chi connectivity index (χ1n) is 6.37. The molecular weight excluding hydrogens is 292 g/mol. The van der Waals surface area contributed by atoms with Gasteiger partial charge in [0.2, 0.25) is 0 Å². The van der Waals surface area contributed by atoms with Crippen molar-refractivity contribution >= 4 is 26.8 Å². The Morgan fingerprint density at radius 1 is 1.39 bits per heavy atom. The normalized spacial score (nSPS) is 19.6. The third-order valence-electron chi connectivity index (χ3n) is 3.66. The first-order valence-corrected chi connectivity index (χ1v) is 7.16. The van der Waals surface area contributed by atoms with Crippen LogP contribution in [-0.2, 0) is 6.54 Å². The summed E-state index contributed by atoms with van der Waals surface area (Å²) in [6.45, 7) is 2.96. The van der Waals surface area contributed by atoms with E-state index >= 15 is 0 Å². The summed E-state index contributed by atoms with van der Waals surface area (Å²) in [7, 11) is 0. The molecule has 0 fully saturated rings. The molecule has 0 N–H and O–H groups in total. The number of hydrogen-bond donors (Lipinski definition) is 0. The molecule has 18 heavy (non-hydrogen) atoms. The van der Waals surface area contributed by atoms with Crippen molar-refractivity contribution in [2.24, 2.45) is 0 Å². The summed E-state index contributed by atoms with van der Waals surface area (Å²) in [6, 6.07) is 5.69. The first kappa shape index (κ1) is 11.9. The molecule has 1 aromatic carbocycles. The molecule has 2 aromatic rings. The van der Waals surface area contributed by atoms with Gasteiger partial charge in [-0.1, -0.05) is 29.3 Å². The summed E-state index contributed by atoms with van der Waals surface area (Å²) in [5.74, 6) is 1.31. The van der Waals surface area contributed by atoms with Crippen LogP contribution in [0, 0.1) is 0 Å². The number of fused-ring (bicyclic) bond motifs is 2. The molecule has 1 aliphatic rings. The zero-order chi connectivity index (χ0) is 12.7. The van der Waals surface area contributed by atoms with E-state index in [1.807, 2.05) is 22.8 Å². The third kappa shape index (κ3) is 1.88. The first-order chi connectivity index (χ1) is 8.66. The molecule has 0 spiro atoms. The van der Waals surface area contributed by atoms with Gasteiger partial charge in [-0.15, -0.1) is 0 Å². The Balaban J connectivity index is 2.35. The molecule has 0 radical (unpaired) electrons. The highest BCUT2D eigenvalue weighted by Crippen LogP contribution is 2.25. The summed E-state index contributed by atoms with van der Waals surface area (Å²) in [6.07, 6.45) is 3.36. The molecular formula is C14H15BrN2O. The van der Waals surface area contributed by atoms with Gasteiger partial charge in [0.25, 0.3) is 5.56 Å². The minimum Gasteiger partial charge on any atom is -0.296 e. The van der Waals surface area contributed by atoms with Gasteiger partial charge in [0.15, 0.2) is 0 Å². The summed E-state index contributed by atoms with van der Waals surface area (Å²) in [5.41, 5.74) is 0.908. The molecule has 0 saturated carbocycles. The van der Waals surface area contributed by atoms with Gasteiger partial charge in [-0.3, -0.25) is 9.36 Å². The molecule has 2 heterocycles. The minimum absolute atomic E-state index is 0.108. The van der Waals surface area contributed by atoms with Gasteiger partial charge in [0, 0.05) is 16.9 Å². The fourth-order valence-corrected chi connectivity index (χ4v) is 3.00. The molecule has 1 unspecified atom stereocenters. The van der Waals surface area contributed by atoms with Gasteiger partial charge in [0.05, 0.1) is 10.9 Å². The van der Waals surface area contributed by atoms with Gasteiger partial charge in [-0.05, 0) is 31.0 Å². The lowest BCUT2D eigenvalue weighted by molar-refractivity contribution is 0.613. The van der Waals surface area contributed by atoms with Crippen molar-refractivity contribution in [2.75, 3.05) is 0 Å². The van der Waals surface area contributed by atoms with E-state index in [0.717, 1.165) is 40.6 Å². The largest absolute Gasteiger partial charge is 0.296 e. The average molecular weight is 307 g/mol. The second kappa shape index (κ2) is 4.50. The number of nitrogens with zero attached hydrogens (tertiary/aromatic N) is 2. The van der Waals surface area contributed by atoms with E-state index in [1.54, 1.807) is 0 Å². The Labute approximate surface area is 114 Å². The zero-order valence-corrected chi connectivity index (χ0v) is 11.9. The van der Waals surface area contributed by atoms with E-state index in [-0.39, 0.29) is 5.56 Å². The van der Waals surface area contributed by atoms with Crippen molar-refractivity contribution in [3.8, 4) is 0 Å². The molecule has 3 nitrogen and oxygen atoms in total. The SMILES string of the molecule is CC1CCCCn2c1nc1cc(Br)ccc1c2=O. The maximum atomic E-state index is 12.5. The Bertz CT molecular complexity index is 663. The van der Waals surface area contributed by atoms with Crippen LogP contribution < -0.4 is 5.56 Å². The van der Waals surface area contributed by atoms with Crippen LogP contribution in [-0.4, -0.2) is 9.55 Å². The number of rotatable bonds is 0. The Hall–Kier alpha value is -1.16. The molecule has 1 aromatic heterocycles. The summed E-state index contributed by atoms with van der Waals surface area (Å²) >= 11 is 3.43. The molecule has 3 rings (SSSR count). The zero-order valence-electron chi connectivity index (χ0n) is 10.3. The summed E-state index contributed by atoms with van der Waals surface area (Å²) < 4.78 is 2.83. The molecule has 1 atom stereocenters. The van der Waals surface area contributed by atoms with E-state index in [0.29, 0.717) is 5.92 Å². The lowest BCUT2D eigenvalue weighted by atomic mass is 10.0. The number of halogens is 1. The van der Waals surface area contributed by atoms with Gasteiger partial charge in [-0.25, -0.2) is 4.98 Å². The van der Waals surface area contributed by atoms with Crippen LogP contribution in [0.25, 0.3) is 10.9 Å². The predicted octanol–water partition coefficient (Wildman–Crippen LogP) is 3.45. The molecule has 94 valence electrons. The van der Waals surface area contributed by atoms with Crippen LogP contribution >= 0.6 is 15.9 Å². The molecule has 0 bridgehead atoms. The minimum atomic E-state index is 0.108. The van der Waals surface area contributed by atoms with Crippen LogP contribution in [0.2, 0.25) is 0 Å². The van der Waals surface area contributed by atoms with Crippen molar-refractivity contribution in [2.45, 2.75) is 38.6 Å². The molecule has 0 amide bonds. The lowest BCUT2D eigenvalue weighted by Crippen LogP contribution is -2.25. The average Bonchev–Trinajstić information content (AvgIpc) is 2.52. The van der Waals surface area contributed by atoms with Crippen LogP contribution in [0.5, 0.6) is 0 Å². The van der Waals surface area contributed by atoms with Crippen LogP contribution in [0.3, 0.4) is 0 Å². The number of aromatic nitrogens is 2. The quantitative estimate of drug-likeness (QED) is 0.747. The molecule has 0 aliphatic carbocycles. The van der Waals surface area contributed by atoms with E-state index < -0.39 is 0 Å². The highest BCUT2D eigenvalue weighted by Gasteiger charge is 2.19. The van der Waals surface area contributed by atoms with E-state index in [1.165, 1.54) is 6.42 Å². The highest BCUT2D eigenvalue weighted by molar-refractivity contribution is 9.10. The van der Waals surface area contributed by atoms with Gasteiger partial charge in [0.1, 0.15) is 5.82 Å². The van der Waals surface area contributed by atoms with Crippen molar-refractivity contribution in [1.82, 2.24) is 9.55 Å². The van der Waals surface area contributed by atoms with Crippen LogP contribution in [0.1, 0.15) is 37.9 Å². The molecule has 1 aliphatic heterocycles. The second-order valence-corrected chi connectivity index (χ2v) is 5.90. The fourth-order valence-electron chi connectivity index (χ4n) is 2.65. The van der Waals surface area contributed by atoms with Crippen molar-refractivity contribution in [1.29, 1.82) is 0 Å². The molecule has 0 saturated heterocycles. The Kier molecular flexibility index (Phi) is 2.98. The standard InChI is InChI=1S/C14H15BrN2O/c1-9-4-2-3-7-17-13(9)16-12-8-10(15)5-6-11(12)14(17)18/h5-6,8-9H,2-4,7H2,1H3. The fraction of sp³-hybridized carbons (Fsp3) is 0.429. The maximum absolute atomic E-state index is 12.5. The molecule has 4 heteroatoms.